The minimum absolute atomic E-state index is 0.430. The molecule has 0 unspecified atom stereocenters. The second kappa shape index (κ2) is 11.8. The van der Waals surface area contributed by atoms with E-state index in [0.717, 1.165) is 49.8 Å². The summed E-state index contributed by atoms with van der Waals surface area (Å²) in [6, 6.07) is 66.7. The number of furan rings is 1. The maximum Gasteiger partial charge on any atom is 0.164 e. The van der Waals surface area contributed by atoms with Crippen LogP contribution in [0.15, 0.2) is 192 Å². The molecular formula is C52H31N3O. The normalized spacial score (nSPS) is 13.1. The van der Waals surface area contributed by atoms with Crippen molar-refractivity contribution in [2.75, 3.05) is 0 Å². The van der Waals surface area contributed by atoms with E-state index in [9.17, 15) is 0 Å². The van der Waals surface area contributed by atoms with Crippen molar-refractivity contribution in [1.29, 1.82) is 0 Å². The summed E-state index contributed by atoms with van der Waals surface area (Å²) in [7, 11) is 0. The van der Waals surface area contributed by atoms with Gasteiger partial charge in [-0.3, -0.25) is 0 Å². The van der Waals surface area contributed by atoms with Gasteiger partial charge in [0.1, 0.15) is 11.2 Å². The number of para-hydroxylation sites is 1. The average molecular weight is 714 g/mol. The van der Waals surface area contributed by atoms with Gasteiger partial charge in [-0.2, -0.15) is 0 Å². The van der Waals surface area contributed by atoms with E-state index in [-0.39, 0.29) is 0 Å². The van der Waals surface area contributed by atoms with E-state index >= 15 is 0 Å². The van der Waals surface area contributed by atoms with Crippen LogP contribution in [0.5, 0.6) is 0 Å². The van der Waals surface area contributed by atoms with Crippen molar-refractivity contribution in [3.63, 3.8) is 0 Å². The van der Waals surface area contributed by atoms with Crippen LogP contribution in [0.4, 0.5) is 0 Å². The summed E-state index contributed by atoms with van der Waals surface area (Å²) < 4.78 is 6.18. The molecule has 0 atom stereocenters. The Labute approximate surface area is 323 Å². The quantitative estimate of drug-likeness (QED) is 0.182. The zero-order valence-corrected chi connectivity index (χ0v) is 30.1. The molecule has 4 nitrogen and oxygen atoms in total. The van der Waals surface area contributed by atoms with Crippen molar-refractivity contribution in [3.05, 3.63) is 210 Å². The van der Waals surface area contributed by atoms with Crippen LogP contribution in [0.25, 0.3) is 89.5 Å². The molecule has 0 aliphatic heterocycles. The van der Waals surface area contributed by atoms with Gasteiger partial charge in [-0.15, -0.1) is 0 Å². The van der Waals surface area contributed by atoms with Gasteiger partial charge in [0.15, 0.2) is 17.5 Å². The van der Waals surface area contributed by atoms with Gasteiger partial charge in [0.2, 0.25) is 0 Å². The monoisotopic (exact) mass is 713 g/mol. The van der Waals surface area contributed by atoms with Crippen LogP contribution in [0.3, 0.4) is 0 Å². The van der Waals surface area contributed by atoms with Crippen molar-refractivity contribution in [2.45, 2.75) is 5.41 Å². The standard InChI is InChI=1S/C52H31N3O/c1-2-15-32(16-3-1)49-53-50(33-29-30-47-41(31-33)37-20-9-13-28-46(37)56-47)55-51(54-49)39-21-5-4-17-34(39)38-23-14-27-45-48(38)40-22-8-12-26-44(40)52(45)42-24-10-6-18-35(42)36-19-7-11-25-43(36)52/h1-31H. The molecule has 0 fully saturated rings. The lowest BCUT2D eigenvalue weighted by Crippen LogP contribution is -2.25. The van der Waals surface area contributed by atoms with Crippen LogP contribution in [-0.4, -0.2) is 15.0 Å². The molecule has 260 valence electrons. The first-order chi connectivity index (χ1) is 27.8. The SMILES string of the molecule is c1ccc(-c2nc(-c3ccc4oc5ccccc5c4c3)nc(-c3ccccc3-c3cccc4c3-c3ccccc3C43c4ccccc4-c4ccccc43)n2)cc1. The number of benzene rings is 8. The number of fused-ring (bicyclic) bond motifs is 13. The summed E-state index contributed by atoms with van der Waals surface area (Å²) in [6.45, 7) is 0. The lowest BCUT2D eigenvalue weighted by molar-refractivity contribution is 0.669. The summed E-state index contributed by atoms with van der Waals surface area (Å²) in [6.07, 6.45) is 0. The van der Waals surface area contributed by atoms with Crippen molar-refractivity contribution in [3.8, 4) is 67.5 Å². The van der Waals surface area contributed by atoms with Crippen molar-refractivity contribution in [2.24, 2.45) is 0 Å². The minimum Gasteiger partial charge on any atom is -0.456 e. The van der Waals surface area contributed by atoms with Gasteiger partial charge in [0, 0.05) is 27.5 Å². The Balaban J connectivity index is 1.10. The highest BCUT2D eigenvalue weighted by Crippen LogP contribution is 2.64. The summed E-state index contributed by atoms with van der Waals surface area (Å²) in [4.78, 5) is 15.6. The topological polar surface area (TPSA) is 51.8 Å². The van der Waals surface area contributed by atoms with Crippen molar-refractivity contribution < 1.29 is 4.42 Å². The maximum atomic E-state index is 6.18. The number of rotatable bonds is 4. The molecule has 4 heteroatoms. The fourth-order valence-corrected chi connectivity index (χ4v) is 9.49. The average Bonchev–Trinajstić information content (AvgIpc) is 3.90. The Bertz CT molecular complexity index is 3170. The molecule has 2 aliphatic carbocycles. The molecule has 0 saturated carbocycles. The third-order valence-electron chi connectivity index (χ3n) is 11.8. The fraction of sp³-hybridized carbons (Fsp3) is 0.0192. The first kappa shape index (κ1) is 31.0. The van der Waals surface area contributed by atoms with Crippen LogP contribution in [0.2, 0.25) is 0 Å². The van der Waals surface area contributed by atoms with Crippen LogP contribution in [0.1, 0.15) is 22.3 Å². The van der Waals surface area contributed by atoms with Gasteiger partial charge in [-0.1, -0.05) is 164 Å². The summed E-state index contributed by atoms with van der Waals surface area (Å²) >= 11 is 0. The Kier molecular flexibility index (Phi) is 6.52. The maximum absolute atomic E-state index is 6.18. The van der Waals surface area contributed by atoms with Crippen molar-refractivity contribution in [1.82, 2.24) is 15.0 Å². The van der Waals surface area contributed by atoms with E-state index in [2.05, 4.69) is 140 Å². The third-order valence-corrected chi connectivity index (χ3v) is 11.8. The van der Waals surface area contributed by atoms with Gasteiger partial charge in [-0.25, -0.2) is 15.0 Å². The first-order valence-electron chi connectivity index (χ1n) is 19.0. The minimum atomic E-state index is -0.430. The highest BCUT2D eigenvalue weighted by atomic mass is 16.3. The van der Waals surface area contributed by atoms with Gasteiger partial charge in [-0.05, 0) is 79.9 Å². The first-order valence-corrected chi connectivity index (χ1v) is 19.0. The molecule has 0 bridgehead atoms. The van der Waals surface area contributed by atoms with E-state index in [1.165, 1.54) is 44.5 Å². The lowest BCUT2D eigenvalue weighted by atomic mass is 9.70. The molecule has 0 amide bonds. The molecule has 8 aromatic carbocycles. The highest BCUT2D eigenvalue weighted by molar-refractivity contribution is 6.06. The Morgan fingerprint density at radius 3 is 1.59 bits per heavy atom. The molecule has 0 N–H and O–H groups in total. The molecule has 0 saturated heterocycles. The smallest absolute Gasteiger partial charge is 0.164 e. The van der Waals surface area contributed by atoms with Gasteiger partial charge < -0.3 is 4.42 Å². The van der Waals surface area contributed by atoms with E-state index in [1.807, 2.05) is 48.5 Å². The predicted molar refractivity (Wildman–Crippen MR) is 225 cm³/mol. The zero-order valence-electron chi connectivity index (χ0n) is 30.1. The van der Waals surface area contributed by atoms with Crippen LogP contribution >= 0.6 is 0 Å². The largest absolute Gasteiger partial charge is 0.456 e. The molecule has 0 radical (unpaired) electrons. The molecule has 10 aromatic rings. The van der Waals surface area contributed by atoms with Crippen LogP contribution in [-0.2, 0) is 5.41 Å². The Morgan fingerprint density at radius 2 is 0.839 bits per heavy atom. The predicted octanol–water partition coefficient (Wildman–Crippen LogP) is 12.8. The molecule has 12 rings (SSSR count). The summed E-state index contributed by atoms with van der Waals surface area (Å²) in [5.41, 5.74) is 16.6. The molecule has 2 aromatic heterocycles. The second-order valence-corrected chi connectivity index (χ2v) is 14.6. The van der Waals surface area contributed by atoms with E-state index in [0.29, 0.717) is 17.5 Å². The Morgan fingerprint density at radius 1 is 0.321 bits per heavy atom. The van der Waals surface area contributed by atoms with E-state index < -0.39 is 5.41 Å². The van der Waals surface area contributed by atoms with Crippen LogP contribution < -0.4 is 0 Å². The van der Waals surface area contributed by atoms with Crippen LogP contribution in [0, 0.1) is 0 Å². The molecular weight excluding hydrogens is 683 g/mol. The Hall–Kier alpha value is -7.43. The molecule has 2 heterocycles. The van der Waals surface area contributed by atoms with Gasteiger partial charge >= 0.3 is 0 Å². The number of hydrogen-bond donors (Lipinski definition) is 0. The van der Waals surface area contributed by atoms with E-state index in [1.54, 1.807) is 0 Å². The second-order valence-electron chi connectivity index (χ2n) is 14.6. The molecule has 1 spiro atoms. The number of nitrogens with zero attached hydrogens (tertiary/aromatic N) is 3. The molecule has 56 heavy (non-hydrogen) atoms. The summed E-state index contributed by atoms with van der Waals surface area (Å²) in [5, 5.41) is 2.10. The van der Waals surface area contributed by atoms with Gasteiger partial charge in [0.05, 0.1) is 5.41 Å². The number of hydrogen-bond acceptors (Lipinski definition) is 4. The highest BCUT2D eigenvalue weighted by Gasteiger charge is 2.52. The number of aromatic nitrogens is 3. The lowest BCUT2D eigenvalue weighted by Gasteiger charge is -2.30. The summed E-state index contributed by atoms with van der Waals surface area (Å²) in [5.74, 6) is 1.86. The van der Waals surface area contributed by atoms with Gasteiger partial charge in [0.25, 0.3) is 0 Å². The third kappa shape index (κ3) is 4.27. The van der Waals surface area contributed by atoms with E-state index in [4.69, 9.17) is 19.4 Å². The zero-order chi connectivity index (χ0) is 36.8. The molecule has 2 aliphatic rings. The van der Waals surface area contributed by atoms with Crippen molar-refractivity contribution >= 4 is 21.9 Å². The fourth-order valence-electron chi connectivity index (χ4n) is 9.49.